The number of anilines is 1. The van der Waals surface area contributed by atoms with E-state index in [1.54, 1.807) is 0 Å². The summed E-state index contributed by atoms with van der Waals surface area (Å²) in [4.78, 5) is 25.9. The Morgan fingerprint density at radius 2 is 1.48 bits per heavy atom. The summed E-state index contributed by atoms with van der Waals surface area (Å²) in [5.74, 6) is -0.225. The average Bonchev–Trinajstić information content (AvgIpc) is 3.01. The van der Waals surface area contributed by atoms with Crippen LogP contribution in [0.25, 0.3) is 0 Å². The van der Waals surface area contributed by atoms with Crippen LogP contribution in [0.3, 0.4) is 0 Å². The van der Waals surface area contributed by atoms with Crippen LogP contribution in [0.15, 0.2) is 71.7 Å². The van der Waals surface area contributed by atoms with Gasteiger partial charge >= 0.3 is 0 Å². The van der Waals surface area contributed by atoms with Gasteiger partial charge in [0.05, 0.1) is 6.54 Å². The number of H-pyrrole nitrogens is 2. The fraction of sp³-hybridized carbons (Fsp3) is 0.158. The highest BCUT2D eigenvalue weighted by atomic mass is 16.2. The predicted octanol–water partition coefficient (Wildman–Crippen LogP) is 2.34. The summed E-state index contributed by atoms with van der Waals surface area (Å²) in [6.07, 6.45) is 1.44. The second kappa shape index (κ2) is 8.12. The Hall–Kier alpha value is -3.12. The van der Waals surface area contributed by atoms with E-state index < -0.39 is 0 Å². The molecule has 0 radical (unpaired) electrons. The van der Waals surface area contributed by atoms with Gasteiger partial charge in [-0.3, -0.25) is 19.6 Å². The van der Waals surface area contributed by atoms with Crippen molar-refractivity contribution in [3.05, 3.63) is 88.3 Å². The molecule has 2 aromatic carbocycles. The molecular formula is C19H20N4O2. The minimum absolute atomic E-state index is 0.189. The van der Waals surface area contributed by atoms with Gasteiger partial charge in [0.2, 0.25) is 5.91 Å². The quantitative estimate of drug-likeness (QED) is 0.619. The van der Waals surface area contributed by atoms with Crippen LogP contribution in [0, 0.1) is 0 Å². The summed E-state index contributed by atoms with van der Waals surface area (Å²) < 4.78 is 0. The zero-order valence-corrected chi connectivity index (χ0v) is 13.7. The molecule has 0 aliphatic carbocycles. The Bertz CT molecular complexity index is 814. The van der Waals surface area contributed by atoms with Crippen molar-refractivity contribution < 1.29 is 4.79 Å². The van der Waals surface area contributed by atoms with Crippen molar-refractivity contribution in [2.75, 3.05) is 11.9 Å². The first kappa shape index (κ1) is 16.7. The van der Waals surface area contributed by atoms with E-state index in [-0.39, 0.29) is 23.7 Å². The van der Waals surface area contributed by atoms with Crippen LogP contribution >= 0.6 is 0 Å². The fourth-order valence-corrected chi connectivity index (χ4v) is 2.64. The van der Waals surface area contributed by atoms with Crippen molar-refractivity contribution in [3.63, 3.8) is 0 Å². The van der Waals surface area contributed by atoms with Crippen LogP contribution < -0.4 is 10.9 Å². The molecule has 3 N–H and O–H groups in total. The molecule has 25 heavy (non-hydrogen) atoms. The lowest BCUT2D eigenvalue weighted by molar-refractivity contribution is -0.117. The molecule has 0 bridgehead atoms. The molecule has 0 atom stereocenters. The first-order chi connectivity index (χ1) is 12.2. The Kier molecular flexibility index (Phi) is 5.43. The van der Waals surface area contributed by atoms with Gasteiger partial charge in [-0.05, 0) is 11.1 Å². The van der Waals surface area contributed by atoms with Crippen LogP contribution in [0.5, 0.6) is 0 Å². The normalized spacial score (nSPS) is 10.8. The van der Waals surface area contributed by atoms with Crippen molar-refractivity contribution in [2.24, 2.45) is 0 Å². The zero-order chi connectivity index (χ0) is 17.5. The molecule has 0 saturated carbocycles. The van der Waals surface area contributed by atoms with Gasteiger partial charge in [0, 0.05) is 19.3 Å². The number of rotatable bonds is 7. The van der Waals surface area contributed by atoms with Crippen LogP contribution in [0.4, 0.5) is 5.69 Å². The van der Waals surface area contributed by atoms with Gasteiger partial charge < -0.3 is 10.4 Å². The van der Waals surface area contributed by atoms with Gasteiger partial charge in [-0.1, -0.05) is 60.7 Å². The summed E-state index contributed by atoms with van der Waals surface area (Å²) in [7, 11) is 0. The SMILES string of the molecule is O=C(CN(Cc1ccccc1)Cc1ccccc1)Nc1c[nH][nH]c1=O. The van der Waals surface area contributed by atoms with Crippen molar-refractivity contribution in [1.29, 1.82) is 0 Å². The number of amides is 1. The number of carbonyl (C=O) groups is 1. The van der Waals surface area contributed by atoms with Gasteiger partial charge in [-0.2, -0.15) is 0 Å². The van der Waals surface area contributed by atoms with E-state index in [1.807, 2.05) is 65.6 Å². The maximum absolute atomic E-state index is 12.3. The van der Waals surface area contributed by atoms with E-state index in [0.29, 0.717) is 13.1 Å². The maximum atomic E-state index is 12.3. The number of aromatic nitrogens is 2. The smallest absolute Gasteiger partial charge is 0.287 e. The second-order valence-corrected chi connectivity index (χ2v) is 5.82. The fourth-order valence-electron chi connectivity index (χ4n) is 2.64. The van der Waals surface area contributed by atoms with Crippen LogP contribution in [0.1, 0.15) is 11.1 Å². The number of benzene rings is 2. The molecule has 6 nitrogen and oxygen atoms in total. The second-order valence-electron chi connectivity index (χ2n) is 5.82. The maximum Gasteiger partial charge on any atom is 0.287 e. The van der Waals surface area contributed by atoms with E-state index in [9.17, 15) is 9.59 Å². The van der Waals surface area contributed by atoms with Gasteiger partial charge in [0.25, 0.3) is 5.56 Å². The Labute approximate surface area is 145 Å². The number of nitrogens with zero attached hydrogens (tertiary/aromatic N) is 1. The van der Waals surface area contributed by atoms with Crippen molar-refractivity contribution in [2.45, 2.75) is 13.1 Å². The molecule has 1 amide bonds. The van der Waals surface area contributed by atoms with Crippen molar-refractivity contribution in [3.8, 4) is 0 Å². The monoisotopic (exact) mass is 336 g/mol. The van der Waals surface area contributed by atoms with E-state index in [1.165, 1.54) is 6.20 Å². The lowest BCUT2D eigenvalue weighted by Crippen LogP contribution is -2.33. The molecule has 3 aromatic rings. The van der Waals surface area contributed by atoms with Crippen LogP contribution in [-0.2, 0) is 17.9 Å². The Morgan fingerprint density at radius 3 is 1.96 bits per heavy atom. The molecule has 1 heterocycles. The minimum Gasteiger partial charge on any atom is -0.319 e. The molecule has 0 unspecified atom stereocenters. The van der Waals surface area contributed by atoms with E-state index in [0.717, 1.165) is 11.1 Å². The predicted molar refractivity (Wildman–Crippen MR) is 97.0 cm³/mol. The minimum atomic E-state index is -0.342. The summed E-state index contributed by atoms with van der Waals surface area (Å²) in [6.45, 7) is 1.48. The van der Waals surface area contributed by atoms with E-state index >= 15 is 0 Å². The molecule has 0 saturated heterocycles. The van der Waals surface area contributed by atoms with Gasteiger partial charge in [-0.25, -0.2) is 0 Å². The topological polar surface area (TPSA) is 81.0 Å². The van der Waals surface area contributed by atoms with E-state index in [2.05, 4.69) is 15.5 Å². The largest absolute Gasteiger partial charge is 0.319 e. The average molecular weight is 336 g/mol. The highest BCUT2D eigenvalue weighted by Crippen LogP contribution is 2.10. The third kappa shape index (κ3) is 4.92. The summed E-state index contributed by atoms with van der Waals surface area (Å²) in [6, 6.07) is 20.0. The lowest BCUT2D eigenvalue weighted by Gasteiger charge is -2.22. The molecule has 6 heteroatoms. The molecule has 0 aliphatic heterocycles. The summed E-state index contributed by atoms with van der Waals surface area (Å²) >= 11 is 0. The summed E-state index contributed by atoms with van der Waals surface area (Å²) in [5, 5.41) is 7.61. The third-order valence-corrected chi connectivity index (χ3v) is 3.79. The van der Waals surface area contributed by atoms with Crippen molar-refractivity contribution >= 4 is 11.6 Å². The number of nitrogens with one attached hydrogen (secondary N) is 3. The van der Waals surface area contributed by atoms with Gasteiger partial charge in [0.1, 0.15) is 5.69 Å². The first-order valence-corrected chi connectivity index (χ1v) is 8.07. The molecule has 0 spiro atoms. The lowest BCUT2D eigenvalue weighted by atomic mass is 10.1. The number of hydrogen-bond donors (Lipinski definition) is 3. The van der Waals surface area contributed by atoms with Crippen LogP contribution in [-0.4, -0.2) is 27.5 Å². The Morgan fingerprint density at radius 1 is 0.920 bits per heavy atom. The molecule has 1 aromatic heterocycles. The van der Waals surface area contributed by atoms with E-state index in [4.69, 9.17) is 0 Å². The molecule has 0 aliphatic rings. The number of hydrogen-bond acceptors (Lipinski definition) is 3. The Balaban J connectivity index is 1.70. The van der Waals surface area contributed by atoms with Gasteiger partial charge in [0.15, 0.2) is 0 Å². The number of carbonyl (C=O) groups excluding carboxylic acids is 1. The number of aromatic amines is 2. The zero-order valence-electron chi connectivity index (χ0n) is 13.7. The highest BCUT2D eigenvalue weighted by Gasteiger charge is 2.13. The standard InChI is InChI=1S/C19H20N4O2/c24-18(21-17-11-20-22-19(17)25)14-23(12-15-7-3-1-4-8-15)13-16-9-5-2-6-10-16/h1-11H,12-14H2,(H,21,24)(H2,20,22,25). The highest BCUT2D eigenvalue weighted by molar-refractivity contribution is 5.91. The van der Waals surface area contributed by atoms with Crippen molar-refractivity contribution in [1.82, 2.24) is 15.1 Å². The van der Waals surface area contributed by atoms with Gasteiger partial charge in [-0.15, -0.1) is 0 Å². The molecular weight excluding hydrogens is 316 g/mol. The molecule has 3 rings (SSSR count). The van der Waals surface area contributed by atoms with Crippen LogP contribution in [0.2, 0.25) is 0 Å². The molecule has 128 valence electrons. The summed E-state index contributed by atoms with van der Waals surface area (Å²) in [5.41, 5.74) is 2.15. The first-order valence-electron chi connectivity index (χ1n) is 8.07. The third-order valence-electron chi connectivity index (χ3n) is 3.79. The molecule has 0 fully saturated rings.